The molecular weight excluding hydrogens is 237 g/mol. The number of nitro groups is 1. The van der Waals surface area contributed by atoms with Gasteiger partial charge in [0.25, 0.3) is 5.69 Å². The minimum absolute atomic E-state index is 0.217. The number of nitrogens with one attached hydrogen (secondary N) is 2. The summed E-state index contributed by atoms with van der Waals surface area (Å²) in [7, 11) is 0. The number of anilines is 1. The molecule has 1 aliphatic heterocycles. The van der Waals surface area contributed by atoms with E-state index in [9.17, 15) is 14.5 Å². The molecule has 0 amide bonds. The third-order valence-electron chi connectivity index (χ3n) is 3.11. The topological polar surface area (TPSA) is 67.2 Å². The Bertz CT molecular complexity index is 433. The summed E-state index contributed by atoms with van der Waals surface area (Å²) in [5.74, 6) is -0.594. The molecule has 1 aromatic rings. The number of rotatable bonds is 4. The van der Waals surface area contributed by atoms with Gasteiger partial charge in [0.05, 0.1) is 11.0 Å². The number of benzene rings is 1. The molecule has 0 radical (unpaired) electrons. The van der Waals surface area contributed by atoms with Crippen molar-refractivity contribution >= 4 is 11.4 Å². The Kier molecular flexibility index (Phi) is 4.09. The van der Waals surface area contributed by atoms with E-state index in [4.69, 9.17) is 0 Å². The number of hydrogen-bond acceptors (Lipinski definition) is 4. The molecule has 0 spiro atoms. The Morgan fingerprint density at radius 3 is 3.00 bits per heavy atom. The Balaban J connectivity index is 2.01. The van der Waals surface area contributed by atoms with Crippen LogP contribution in [0.25, 0.3) is 0 Å². The molecule has 0 bridgehead atoms. The van der Waals surface area contributed by atoms with Gasteiger partial charge in [0.15, 0.2) is 0 Å². The second kappa shape index (κ2) is 5.77. The van der Waals surface area contributed by atoms with Crippen LogP contribution in [0.15, 0.2) is 18.2 Å². The summed E-state index contributed by atoms with van der Waals surface area (Å²) in [6.07, 6.45) is 3.40. The summed E-state index contributed by atoms with van der Waals surface area (Å²) in [4.78, 5) is 10.2. The van der Waals surface area contributed by atoms with E-state index in [0.717, 1.165) is 19.0 Å². The van der Waals surface area contributed by atoms with Crippen molar-refractivity contribution < 1.29 is 9.31 Å². The van der Waals surface area contributed by atoms with Gasteiger partial charge in [-0.1, -0.05) is 6.42 Å². The highest BCUT2D eigenvalue weighted by Crippen LogP contribution is 2.25. The SMILES string of the molecule is O=[N+]([O-])c1cc(F)ccc1NCC1CCCCN1. The van der Waals surface area contributed by atoms with Gasteiger partial charge in [-0.15, -0.1) is 0 Å². The predicted octanol–water partition coefficient (Wildman–Crippen LogP) is 2.29. The molecule has 2 N–H and O–H groups in total. The summed E-state index contributed by atoms with van der Waals surface area (Å²) in [6, 6.07) is 3.90. The van der Waals surface area contributed by atoms with Crippen LogP contribution in [0, 0.1) is 15.9 Å². The van der Waals surface area contributed by atoms with E-state index in [1.54, 1.807) is 0 Å². The number of hydrogen-bond donors (Lipinski definition) is 2. The molecule has 1 fully saturated rings. The molecule has 0 aromatic heterocycles. The Hall–Kier alpha value is -1.69. The van der Waals surface area contributed by atoms with E-state index in [1.807, 2.05) is 0 Å². The molecule has 98 valence electrons. The van der Waals surface area contributed by atoms with Gasteiger partial charge in [0.2, 0.25) is 0 Å². The average Bonchev–Trinajstić information content (AvgIpc) is 2.38. The zero-order valence-electron chi connectivity index (χ0n) is 9.99. The third-order valence-corrected chi connectivity index (χ3v) is 3.11. The van der Waals surface area contributed by atoms with Crippen LogP contribution >= 0.6 is 0 Å². The van der Waals surface area contributed by atoms with Gasteiger partial charge < -0.3 is 10.6 Å². The summed E-state index contributed by atoms with van der Waals surface area (Å²) in [5.41, 5.74) is 0.152. The first-order valence-electron chi connectivity index (χ1n) is 6.08. The smallest absolute Gasteiger partial charge is 0.295 e. The van der Waals surface area contributed by atoms with Crippen molar-refractivity contribution in [2.75, 3.05) is 18.4 Å². The Labute approximate surface area is 105 Å². The van der Waals surface area contributed by atoms with Crippen LogP contribution in [0.2, 0.25) is 0 Å². The Morgan fingerprint density at radius 2 is 2.33 bits per heavy atom. The maximum Gasteiger partial charge on any atom is 0.295 e. The normalized spacial score (nSPS) is 19.5. The van der Waals surface area contributed by atoms with Gasteiger partial charge in [0.1, 0.15) is 11.5 Å². The highest BCUT2D eigenvalue weighted by Gasteiger charge is 2.17. The lowest BCUT2D eigenvalue weighted by Crippen LogP contribution is -2.39. The van der Waals surface area contributed by atoms with Crippen molar-refractivity contribution in [1.29, 1.82) is 0 Å². The molecule has 1 aromatic carbocycles. The van der Waals surface area contributed by atoms with E-state index in [1.165, 1.54) is 25.0 Å². The van der Waals surface area contributed by atoms with E-state index in [2.05, 4.69) is 10.6 Å². The number of nitrogens with zero attached hydrogens (tertiary/aromatic N) is 1. The lowest BCUT2D eigenvalue weighted by molar-refractivity contribution is -0.384. The number of piperidine rings is 1. The fourth-order valence-corrected chi connectivity index (χ4v) is 2.14. The highest BCUT2D eigenvalue weighted by atomic mass is 19.1. The van der Waals surface area contributed by atoms with Gasteiger partial charge in [-0.3, -0.25) is 10.1 Å². The summed E-state index contributed by atoms with van der Waals surface area (Å²) >= 11 is 0. The van der Waals surface area contributed by atoms with Crippen LogP contribution in [0.3, 0.4) is 0 Å². The zero-order valence-corrected chi connectivity index (χ0v) is 9.99. The van der Waals surface area contributed by atoms with Gasteiger partial charge in [-0.05, 0) is 31.5 Å². The average molecular weight is 253 g/mol. The quantitative estimate of drug-likeness (QED) is 0.638. The van der Waals surface area contributed by atoms with E-state index < -0.39 is 10.7 Å². The monoisotopic (exact) mass is 253 g/mol. The van der Waals surface area contributed by atoms with E-state index >= 15 is 0 Å². The molecule has 2 rings (SSSR count). The fourth-order valence-electron chi connectivity index (χ4n) is 2.14. The molecule has 0 saturated carbocycles. The molecule has 1 atom stereocenters. The first kappa shape index (κ1) is 12.8. The first-order chi connectivity index (χ1) is 8.66. The van der Waals surface area contributed by atoms with Gasteiger partial charge in [-0.25, -0.2) is 4.39 Å². The van der Waals surface area contributed by atoms with Crippen LogP contribution < -0.4 is 10.6 Å². The summed E-state index contributed by atoms with van der Waals surface area (Å²) in [6.45, 7) is 1.60. The standard InChI is InChI=1S/C12H16FN3O2/c13-9-4-5-11(12(7-9)16(17)18)15-8-10-3-1-2-6-14-10/h4-5,7,10,14-15H,1-3,6,8H2. The number of halogens is 1. The molecule has 5 nitrogen and oxygen atoms in total. The molecule has 1 heterocycles. The van der Waals surface area contributed by atoms with Gasteiger partial charge in [0, 0.05) is 12.6 Å². The van der Waals surface area contributed by atoms with Gasteiger partial charge in [-0.2, -0.15) is 0 Å². The molecule has 1 unspecified atom stereocenters. The zero-order chi connectivity index (χ0) is 13.0. The number of nitro benzene ring substituents is 1. The molecular formula is C12H16FN3O2. The second-order valence-electron chi connectivity index (χ2n) is 4.45. The Morgan fingerprint density at radius 1 is 1.50 bits per heavy atom. The van der Waals surface area contributed by atoms with Crippen molar-refractivity contribution in [1.82, 2.24) is 5.32 Å². The molecule has 1 aliphatic rings. The minimum atomic E-state index is -0.594. The van der Waals surface area contributed by atoms with E-state index in [0.29, 0.717) is 18.3 Å². The van der Waals surface area contributed by atoms with Crippen molar-refractivity contribution in [3.8, 4) is 0 Å². The lowest BCUT2D eigenvalue weighted by atomic mass is 10.1. The second-order valence-corrected chi connectivity index (χ2v) is 4.45. The van der Waals surface area contributed by atoms with E-state index in [-0.39, 0.29) is 5.69 Å². The van der Waals surface area contributed by atoms with Crippen LogP contribution in [-0.4, -0.2) is 24.1 Å². The van der Waals surface area contributed by atoms with Crippen molar-refractivity contribution in [2.45, 2.75) is 25.3 Å². The summed E-state index contributed by atoms with van der Waals surface area (Å²) < 4.78 is 13.0. The highest BCUT2D eigenvalue weighted by molar-refractivity contribution is 5.61. The van der Waals surface area contributed by atoms with Crippen LogP contribution in [0.4, 0.5) is 15.8 Å². The predicted molar refractivity (Wildman–Crippen MR) is 67.2 cm³/mol. The largest absolute Gasteiger partial charge is 0.378 e. The molecule has 18 heavy (non-hydrogen) atoms. The van der Waals surface area contributed by atoms with Crippen molar-refractivity contribution in [3.63, 3.8) is 0 Å². The minimum Gasteiger partial charge on any atom is -0.378 e. The van der Waals surface area contributed by atoms with Gasteiger partial charge >= 0.3 is 0 Å². The summed E-state index contributed by atoms with van der Waals surface area (Å²) in [5, 5.41) is 17.2. The molecule has 6 heteroatoms. The maximum atomic E-state index is 13.0. The van der Waals surface area contributed by atoms with Crippen LogP contribution in [0.5, 0.6) is 0 Å². The third kappa shape index (κ3) is 3.16. The van der Waals surface area contributed by atoms with Crippen molar-refractivity contribution in [3.05, 3.63) is 34.1 Å². The fraction of sp³-hybridized carbons (Fsp3) is 0.500. The molecule has 0 aliphatic carbocycles. The van der Waals surface area contributed by atoms with Crippen LogP contribution in [-0.2, 0) is 0 Å². The van der Waals surface area contributed by atoms with Crippen molar-refractivity contribution in [2.24, 2.45) is 0 Å². The first-order valence-corrected chi connectivity index (χ1v) is 6.08. The lowest BCUT2D eigenvalue weighted by Gasteiger charge is -2.23. The molecule has 1 saturated heterocycles. The maximum absolute atomic E-state index is 13.0. The van der Waals surface area contributed by atoms with Crippen LogP contribution in [0.1, 0.15) is 19.3 Å².